The Morgan fingerprint density at radius 3 is 2.92 bits per heavy atom. The average molecular weight is 384 g/mol. The van der Waals surface area contributed by atoms with Gasteiger partial charge in [0.05, 0.1) is 5.69 Å². The minimum atomic E-state index is -2.92. The van der Waals surface area contributed by atoms with Gasteiger partial charge < -0.3 is 10.1 Å². The number of aryl methyl sites for hydroxylation is 2. The number of hydrogen-bond donors (Lipinski definition) is 1. The first-order valence-electron chi connectivity index (χ1n) is 8.17. The van der Waals surface area contributed by atoms with Crippen molar-refractivity contribution in [3.63, 3.8) is 0 Å². The van der Waals surface area contributed by atoms with E-state index in [1.165, 1.54) is 24.3 Å². The number of hydrogen-bond acceptors (Lipinski definition) is 3. The number of benzene rings is 1. The Balaban J connectivity index is 2.05. The van der Waals surface area contributed by atoms with Crippen LogP contribution in [-0.2, 0) is 11.3 Å². The lowest BCUT2D eigenvalue weighted by molar-refractivity contribution is -0.111. The van der Waals surface area contributed by atoms with E-state index in [4.69, 9.17) is 11.6 Å². The van der Waals surface area contributed by atoms with E-state index in [1.807, 2.05) is 6.92 Å². The average Bonchev–Trinajstić information content (AvgIpc) is 2.84. The summed E-state index contributed by atoms with van der Waals surface area (Å²) in [5, 5.41) is 7.43. The Morgan fingerprint density at radius 1 is 1.46 bits per heavy atom. The van der Waals surface area contributed by atoms with Crippen molar-refractivity contribution in [1.82, 2.24) is 9.78 Å². The zero-order chi connectivity index (χ0) is 19.1. The van der Waals surface area contributed by atoms with Crippen LogP contribution < -0.4 is 10.1 Å². The van der Waals surface area contributed by atoms with E-state index >= 15 is 0 Å². The summed E-state index contributed by atoms with van der Waals surface area (Å²) in [5.41, 5.74) is 1.74. The van der Waals surface area contributed by atoms with Crippen LogP contribution in [0.15, 0.2) is 30.3 Å². The molecule has 0 radical (unpaired) electrons. The first-order chi connectivity index (χ1) is 12.4. The third-order valence-corrected chi connectivity index (χ3v) is 3.96. The summed E-state index contributed by atoms with van der Waals surface area (Å²) in [4.78, 5) is 12.1. The predicted molar refractivity (Wildman–Crippen MR) is 97.6 cm³/mol. The van der Waals surface area contributed by atoms with Crippen molar-refractivity contribution in [3.8, 4) is 5.75 Å². The van der Waals surface area contributed by atoms with Crippen molar-refractivity contribution in [2.45, 2.75) is 39.8 Å². The number of aromatic nitrogens is 2. The van der Waals surface area contributed by atoms with Crippen LogP contribution in [0.25, 0.3) is 6.08 Å². The van der Waals surface area contributed by atoms with Crippen molar-refractivity contribution in [2.75, 3.05) is 5.32 Å². The molecule has 2 rings (SSSR count). The van der Waals surface area contributed by atoms with E-state index in [0.29, 0.717) is 22.9 Å². The zero-order valence-corrected chi connectivity index (χ0v) is 15.3. The molecule has 0 aliphatic rings. The van der Waals surface area contributed by atoms with Gasteiger partial charge in [0.2, 0.25) is 5.91 Å². The van der Waals surface area contributed by atoms with Crippen LogP contribution in [-0.4, -0.2) is 22.3 Å². The molecule has 0 aliphatic carbocycles. The number of carbonyl (C=O) groups excluding carboxylic acids is 1. The maximum absolute atomic E-state index is 12.2. The van der Waals surface area contributed by atoms with Gasteiger partial charge >= 0.3 is 6.61 Å². The second-order valence-corrected chi connectivity index (χ2v) is 5.95. The molecule has 140 valence electrons. The molecule has 0 spiro atoms. The topological polar surface area (TPSA) is 56.2 Å². The number of rotatable bonds is 8. The molecule has 0 saturated heterocycles. The van der Waals surface area contributed by atoms with E-state index in [1.54, 1.807) is 16.8 Å². The van der Waals surface area contributed by atoms with Gasteiger partial charge in [-0.05, 0) is 31.6 Å². The van der Waals surface area contributed by atoms with Crippen molar-refractivity contribution in [3.05, 3.63) is 46.8 Å². The number of nitrogens with zero attached hydrogens (tertiary/aromatic N) is 2. The van der Waals surface area contributed by atoms with Gasteiger partial charge in [0, 0.05) is 29.9 Å². The summed E-state index contributed by atoms with van der Waals surface area (Å²) < 4.78 is 30.5. The summed E-state index contributed by atoms with van der Waals surface area (Å²) in [6, 6.07) is 5.78. The van der Waals surface area contributed by atoms with E-state index < -0.39 is 12.5 Å². The van der Waals surface area contributed by atoms with Crippen LogP contribution in [0, 0.1) is 6.92 Å². The van der Waals surface area contributed by atoms with Gasteiger partial charge in [-0.15, -0.1) is 0 Å². The number of alkyl halides is 2. The summed E-state index contributed by atoms with van der Waals surface area (Å²) in [7, 11) is 0. The van der Waals surface area contributed by atoms with Crippen LogP contribution in [0.3, 0.4) is 0 Å². The minimum absolute atomic E-state index is 0.0298. The molecule has 0 unspecified atom stereocenters. The van der Waals surface area contributed by atoms with Crippen molar-refractivity contribution >= 4 is 29.3 Å². The molecule has 0 aliphatic heterocycles. The molecule has 5 nitrogen and oxygen atoms in total. The summed E-state index contributed by atoms with van der Waals surface area (Å²) in [6.45, 7) is 1.69. The number of nitrogens with one attached hydrogen (secondary N) is 1. The molecule has 1 aromatic carbocycles. The highest BCUT2D eigenvalue weighted by Gasteiger charge is 2.11. The fourth-order valence-electron chi connectivity index (χ4n) is 2.31. The Kier molecular flexibility index (Phi) is 7.15. The number of anilines is 1. The summed E-state index contributed by atoms with van der Waals surface area (Å²) in [5.74, 6) is -0.450. The zero-order valence-electron chi connectivity index (χ0n) is 14.5. The van der Waals surface area contributed by atoms with Gasteiger partial charge in [-0.2, -0.15) is 13.9 Å². The third kappa shape index (κ3) is 5.56. The highest BCUT2D eigenvalue weighted by molar-refractivity contribution is 6.31. The van der Waals surface area contributed by atoms with E-state index in [9.17, 15) is 13.6 Å². The number of ether oxygens (including phenoxy) is 1. The second kappa shape index (κ2) is 9.33. The number of unbranched alkanes of at least 4 members (excludes halogenated alkanes) is 1. The Hall–Kier alpha value is -2.41. The molecule has 2 aromatic rings. The summed E-state index contributed by atoms with van der Waals surface area (Å²) >= 11 is 6.31. The van der Waals surface area contributed by atoms with Crippen LogP contribution in [0.5, 0.6) is 5.75 Å². The van der Waals surface area contributed by atoms with Gasteiger partial charge in [0.1, 0.15) is 10.9 Å². The van der Waals surface area contributed by atoms with Crippen LogP contribution >= 0.6 is 11.6 Å². The lowest BCUT2D eigenvalue weighted by Crippen LogP contribution is -2.08. The molecule has 1 amide bonds. The van der Waals surface area contributed by atoms with Crippen molar-refractivity contribution in [1.29, 1.82) is 0 Å². The van der Waals surface area contributed by atoms with Gasteiger partial charge in [-0.1, -0.05) is 31.0 Å². The van der Waals surface area contributed by atoms with Crippen molar-refractivity contribution < 1.29 is 18.3 Å². The largest absolute Gasteiger partial charge is 0.435 e. The molecule has 0 atom stereocenters. The monoisotopic (exact) mass is 383 g/mol. The number of halogens is 3. The van der Waals surface area contributed by atoms with Crippen LogP contribution in [0.1, 0.15) is 31.0 Å². The molecule has 1 heterocycles. The highest BCUT2D eigenvalue weighted by atomic mass is 35.5. The first-order valence-corrected chi connectivity index (χ1v) is 8.55. The highest BCUT2D eigenvalue weighted by Crippen LogP contribution is 2.22. The molecule has 0 fully saturated rings. The smallest absolute Gasteiger partial charge is 0.387 e. The second-order valence-electron chi connectivity index (χ2n) is 5.60. The van der Waals surface area contributed by atoms with Crippen LogP contribution in [0.2, 0.25) is 5.15 Å². The van der Waals surface area contributed by atoms with Gasteiger partial charge in [-0.3, -0.25) is 9.48 Å². The van der Waals surface area contributed by atoms with Gasteiger partial charge in [0.25, 0.3) is 0 Å². The SMILES string of the molecule is CCCCn1nc(C)c(C=CC(=O)Nc2cccc(OC(F)F)c2)c1Cl. The molecule has 8 heteroatoms. The molecular formula is C18H20ClF2N3O2. The molecule has 26 heavy (non-hydrogen) atoms. The van der Waals surface area contributed by atoms with E-state index in [2.05, 4.69) is 22.1 Å². The number of amides is 1. The maximum Gasteiger partial charge on any atom is 0.387 e. The van der Waals surface area contributed by atoms with E-state index in [0.717, 1.165) is 18.5 Å². The van der Waals surface area contributed by atoms with Gasteiger partial charge in [0.15, 0.2) is 0 Å². The Bertz CT molecular complexity index is 791. The standard InChI is InChI=1S/C18H20ClF2N3O2/c1-3-4-10-24-17(19)15(12(2)23-24)8-9-16(25)22-13-6-5-7-14(11-13)26-18(20)21/h5-9,11,18H,3-4,10H2,1-2H3,(H,22,25). The molecule has 0 saturated carbocycles. The van der Waals surface area contributed by atoms with Crippen molar-refractivity contribution in [2.24, 2.45) is 0 Å². The maximum atomic E-state index is 12.2. The molecule has 1 N–H and O–H groups in total. The minimum Gasteiger partial charge on any atom is -0.435 e. The Labute approximate surface area is 155 Å². The number of carbonyl (C=O) groups is 1. The van der Waals surface area contributed by atoms with Gasteiger partial charge in [-0.25, -0.2) is 0 Å². The molecule has 1 aromatic heterocycles. The first kappa shape index (κ1) is 19.9. The van der Waals surface area contributed by atoms with E-state index in [-0.39, 0.29) is 5.75 Å². The third-order valence-electron chi connectivity index (χ3n) is 3.56. The predicted octanol–water partition coefficient (Wildman–Crippen LogP) is 4.90. The lowest BCUT2D eigenvalue weighted by atomic mass is 10.2. The molecular weight excluding hydrogens is 364 g/mol. The molecule has 0 bridgehead atoms. The normalized spacial score (nSPS) is 11.3. The Morgan fingerprint density at radius 2 is 2.23 bits per heavy atom. The van der Waals surface area contributed by atoms with Crippen LogP contribution in [0.4, 0.5) is 14.5 Å². The lowest BCUT2D eigenvalue weighted by Gasteiger charge is -2.07. The summed E-state index contributed by atoms with van der Waals surface area (Å²) in [6.07, 6.45) is 4.89. The fourth-order valence-corrected chi connectivity index (χ4v) is 2.63. The fraction of sp³-hybridized carbons (Fsp3) is 0.333. The quantitative estimate of drug-likeness (QED) is 0.660.